The van der Waals surface area contributed by atoms with Gasteiger partial charge in [0, 0.05) is 0 Å². The number of amides is 1. The number of thioether (sulfide) groups is 1. The second kappa shape index (κ2) is 8.15. The van der Waals surface area contributed by atoms with Gasteiger partial charge in [-0.05, 0) is 67.8 Å². The van der Waals surface area contributed by atoms with E-state index in [1.807, 2.05) is 63.2 Å². The standard InChI is InChI=1S/C21H21NO3S2/c1-5-25-17-9-7-15(11-18(17)24-4)12-19-20(23)22(21(26)27-19)16-8-6-13(2)14(3)10-16/h6-12H,5H2,1-4H3/b19-12-. The molecule has 0 unspecified atom stereocenters. The van der Waals surface area contributed by atoms with Crippen molar-refractivity contribution in [2.45, 2.75) is 20.8 Å². The molecule has 2 aromatic rings. The number of methoxy groups -OCH3 is 1. The molecule has 0 aliphatic carbocycles. The number of ether oxygens (including phenoxy) is 2. The molecule has 0 N–H and O–H groups in total. The SMILES string of the molecule is CCOc1ccc(/C=C2\SC(=S)N(c3ccc(C)c(C)c3)C2=O)cc1OC. The molecular weight excluding hydrogens is 378 g/mol. The van der Waals surface area contributed by atoms with Crippen LogP contribution >= 0.6 is 24.0 Å². The zero-order valence-corrected chi connectivity index (χ0v) is 17.4. The quantitative estimate of drug-likeness (QED) is 0.516. The van der Waals surface area contributed by atoms with Gasteiger partial charge in [-0.15, -0.1) is 0 Å². The molecule has 0 bridgehead atoms. The molecule has 1 heterocycles. The molecule has 140 valence electrons. The summed E-state index contributed by atoms with van der Waals surface area (Å²) in [5, 5.41) is 0. The Morgan fingerprint density at radius 1 is 1.11 bits per heavy atom. The lowest BCUT2D eigenvalue weighted by Gasteiger charge is -2.16. The van der Waals surface area contributed by atoms with E-state index in [1.165, 1.54) is 17.3 Å². The van der Waals surface area contributed by atoms with Crippen LogP contribution in [0.1, 0.15) is 23.6 Å². The summed E-state index contributed by atoms with van der Waals surface area (Å²) in [5.41, 5.74) is 3.96. The molecule has 3 rings (SSSR count). The fourth-order valence-corrected chi connectivity index (χ4v) is 4.05. The Kier molecular flexibility index (Phi) is 5.87. The number of carbonyl (C=O) groups excluding carboxylic acids is 1. The largest absolute Gasteiger partial charge is 0.493 e. The van der Waals surface area contributed by atoms with Crippen LogP contribution < -0.4 is 14.4 Å². The Morgan fingerprint density at radius 3 is 2.56 bits per heavy atom. The van der Waals surface area contributed by atoms with E-state index < -0.39 is 0 Å². The van der Waals surface area contributed by atoms with Gasteiger partial charge in [-0.2, -0.15) is 0 Å². The van der Waals surface area contributed by atoms with Crippen molar-refractivity contribution < 1.29 is 14.3 Å². The minimum Gasteiger partial charge on any atom is -0.493 e. The first-order valence-electron chi connectivity index (χ1n) is 8.60. The van der Waals surface area contributed by atoms with Crippen molar-refractivity contribution in [1.82, 2.24) is 0 Å². The van der Waals surface area contributed by atoms with E-state index in [1.54, 1.807) is 12.0 Å². The summed E-state index contributed by atoms with van der Waals surface area (Å²) >= 11 is 6.76. The first-order valence-corrected chi connectivity index (χ1v) is 9.83. The minimum absolute atomic E-state index is 0.110. The van der Waals surface area contributed by atoms with Gasteiger partial charge in [0.05, 0.1) is 24.3 Å². The molecule has 2 aromatic carbocycles. The maximum Gasteiger partial charge on any atom is 0.270 e. The number of hydrogen-bond acceptors (Lipinski definition) is 5. The first-order chi connectivity index (χ1) is 12.9. The summed E-state index contributed by atoms with van der Waals surface area (Å²) in [7, 11) is 1.60. The highest BCUT2D eigenvalue weighted by molar-refractivity contribution is 8.27. The third-order valence-electron chi connectivity index (χ3n) is 4.33. The topological polar surface area (TPSA) is 38.8 Å². The van der Waals surface area contributed by atoms with Crippen molar-refractivity contribution in [2.24, 2.45) is 0 Å². The molecule has 0 atom stereocenters. The van der Waals surface area contributed by atoms with Gasteiger partial charge in [0.25, 0.3) is 5.91 Å². The van der Waals surface area contributed by atoms with Gasteiger partial charge in [0.1, 0.15) is 0 Å². The van der Waals surface area contributed by atoms with E-state index in [0.29, 0.717) is 27.3 Å². The summed E-state index contributed by atoms with van der Waals surface area (Å²) < 4.78 is 11.5. The molecule has 1 amide bonds. The zero-order chi connectivity index (χ0) is 19.6. The van der Waals surface area contributed by atoms with E-state index >= 15 is 0 Å². The molecule has 1 aliphatic rings. The third kappa shape index (κ3) is 4.01. The van der Waals surface area contributed by atoms with Gasteiger partial charge < -0.3 is 9.47 Å². The predicted molar refractivity (Wildman–Crippen MR) is 116 cm³/mol. The average Bonchev–Trinajstić information content (AvgIpc) is 2.92. The van der Waals surface area contributed by atoms with Gasteiger partial charge >= 0.3 is 0 Å². The van der Waals surface area contributed by atoms with Crippen LogP contribution in [0.4, 0.5) is 5.69 Å². The molecule has 1 aliphatic heterocycles. The van der Waals surface area contributed by atoms with Crippen molar-refractivity contribution in [3.63, 3.8) is 0 Å². The maximum atomic E-state index is 12.9. The molecule has 4 nitrogen and oxygen atoms in total. The van der Waals surface area contributed by atoms with Crippen LogP contribution in [0.3, 0.4) is 0 Å². The lowest BCUT2D eigenvalue weighted by molar-refractivity contribution is -0.113. The summed E-state index contributed by atoms with van der Waals surface area (Å²) in [6.45, 7) is 6.55. The Balaban J connectivity index is 1.91. The van der Waals surface area contributed by atoms with E-state index in [2.05, 4.69) is 0 Å². The highest BCUT2D eigenvalue weighted by Gasteiger charge is 2.33. The van der Waals surface area contributed by atoms with Crippen LogP contribution in [0.2, 0.25) is 0 Å². The van der Waals surface area contributed by atoms with Crippen molar-refractivity contribution in [1.29, 1.82) is 0 Å². The van der Waals surface area contributed by atoms with Gasteiger partial charge in [0.2, 0.25) is 0 Å². The zero-order valence-electron chi connectivity index (χ0n) is 15.7. The molecule has 1 saturated heterocycles. The Hall–Kier alpha value is -2.31. The van der Waals surface area contributed by atoms with E-state index in [0.717, 1.165) is 16.8 Å². The summed E-state index contributed by atoms with van der Waals surface area (Å²) in [5.74, 6) is 1.20. The van der Waals surface area contributed by atoms with Crippen molar-refractivity contribution in [3.05, 3.63) is 58.0 Å². The normalized spacial score (nSPS) is 15.6. The third-order valence-corrected chi connectivity index (χ3v) is 5.63. The smallest absolute Gasteiger partial charge is 0.270 e. The van der Waals surface area contributed by atoms with Crippen molar-refractivity contribution >= 4 is 46.0 Å². The van der Waals surface area contributed by atoms with Crippen LogP contribution in [0, 0.1) is 13.8 Å². The van der Waals surface area contributed by atoms with Crippen LogP contribution in [-0.2, 0) is 4.79 Å². The number of aryl methyl sites for hydroxylation is 2. The summed E-state index contributed by atoms with van der Waals surface area (Å²) in [6.07, 6.45) is 1.83. The van der Waals surface area contributed by atoms with Crippen LogP contribution in [-0.4, -0.2) is 23.9 Å². The Bertz CT molecular complexity index is 937. The lowest BCUT2D eigenvalue weighted by atomic mass is 10.1. The molecule has 1 fully saturated rings. The monoisotopic (exact) mass is 399 g/mol. The van der Waals surface area contributed by atoms with Crippen molar-refractivity contribution in [3.8, 4) is 11.5 Å². The fourth-order valence-electron chi connectivity index (χ4n) is 2.76. The number of nitrogens with zero attached hydrogens (tertiary/aromatic N) is 1. The molecular formula is C21H21NO3S2. The fraction of sp³-hybridized carbons (Fsp3) is 0.238. The van der Waals surface area contributed by atoms with E-state index in [-0.39, 0.29) is 5.91 Å². The van der Waals surface area contributed by atoms with Gasteiger partial charge in [-0.3, -0.25) is 9.69 Å². The molecule has 0 radical (unpaired) electrons. The van der Waals surface area contributed by atoms with Gasteiger partial charge in [-0.25, -0.2) is 0 Å². The number of rotatable bonds is 5. The molecule has 6 heteroatoms. The number of anilines is 1. The average molecular weight is 400 g/mol. The predicted octanol–water partition coefficient (Wildman–Crippen LogP) is 5.12. The Morgan fingerprint density at radius 2 is 1.89 bits per heavy atom. The second-order valence-corrected chi connectivity index (χ2v) is 7.80. The molecule has 0 spiro atoms. The van der Waals surface area contributed by atoms with Crippen LogP contribution in [0.25, 0.3) is 6.08 Å². The highest BCUT2D eigenvalue weighted by Crippen LogP contribution is 2.37. The number of hydrogen-bond donors (Lipinski definition) is 0. The van der Waals surface area contributed by atoms with Gasteiger partial charge in [-0.1, -0.05) is 36.1 Å². The minimum atomic E-state index is -0.110. The van der Waals surface area contributed by atoms with Crippen LogP contribution in [0.15, 0.2) is 41.3 Å². The van der Waals surface area contributed by atoms with Crippen molar-refractivity contribution in [2.75, 3.05) is 18.6 Å². The number of carbonyl (C=O) groups is 1. The van der Waals surface area contributed by atoms with E-state index in [4.69, 9.17) is 21.7 Å². The van der Waals surface area contributed by atoms with Gasteiger partial charge in [0.15, 0.2) is 15.8 Å². The Labute approximate surface area is 169 Å². The van der Waals surface area contributed by atoms with E-state index in [9.17, 15) is 4.79 Å². The summed E-state index contributed by atoms with van der Waals surface area (Å²) in [4.78, 5) is 15.1. The van der Waals surface area contributed by atoms with Crippen LogP contribution in [0.5, 0.6) is 11.5 Å². The number of thiocarbonyl (C=S) groups is 1. The number of benzene rings is 2. The maximum absolute atomic E-state index is 12.9. The molecule has 0 aromatic heterocycles. The molecule has 0 saturated carbocycles. The first kappa shape index (κ1) is 19.5. The highest BCUT2D eigenvalue weighted by atomic mass is 32.2. The molecule has 27 heavy (non-hydrogen) atoms. The summed E-state index contributed by atoms with van der Waals surface area (Å²) in [6, 6.07) is 11.5. The second-order valence-electron chi connectivity index (χ2n) is 6.13. The lowest BCUT2D eigenvalue weighted by Crippen LogP contribution is -2.27.